The van der Waals surface area contributed by atoms with Gasteiger partial charge in [-0.2, -0.15) is 0 Å². The maximum atomic E-state index is 13.9. The van der Waals surface area contributed by atoms with Gasteiger partial charge in [0.05, 0.1) is 6.04 Å². The molecule has 2 fully saturated rings. The maximum Gasteiger partial charge on any atom is 0.246 e. The lowest BCUT2D eigenvalue weighted by atomic mass is 9.97. The molecule has 2 aliphatic heterocycles. The van der Waals surface area contributed by atoms with E-state index < -0.39 is 36.1 Å². The highest BCUT2D eigenvalue weighted by atomic mass is 16.2. The Kier molecular flexibility index (Phi) is 12.7. The van der Waals surface area contributed by atoms with Crippen LogP contribution in [0.25, 0.3) is 0 Å². The van der Waals surface area contributed by atoms with Crippen LogP contribution in [0.4, 0.5) is 0 Å². The van der Waals surface area contributed by atoms with Gasteiger partial charge in [-0.05, 0) is 56.0 Å². The molecule has 11 nitrogen and oxygen atoms in total. The van der Waals surface area contributed by atoms with E-state index in [1.165, 1.54) is 0 Å². The fraction of sp³-hybridized carbons (Fsp3) is 0.667. The Morgan fingerprint density at radius 1 is 0.727 bits per heavy atom. The molecule has 44 heavy (non-hydrogen) atoms. The van der Waals surface area contributed by atoms with Gasteiger partial charge in [-0.1, -0.05) is 71.9 Å². The largest absolute Gasteiger partial charge is 0.350 e. The lowest BCUT2D eigenvalue weighted by Gasteiger charge is -2.34. The molecule has 244 valence electrons. The minimum atomic E-state index is -0.872. The molecule has 2 aliphatic rings. The summed E-state index contributed by atoms with van der Waals surface area (Å²) in [6.07, 6.45) is 2.45. The predicted molar refractivity (Wildman–Crippen MR) is 169 cm³/mol. The standard InChI is InChI=1S/C33H52N6O5/c1-20(2)26(34-7)30(41)36-27(21(3)4)31(42)37-28(22(5)6)33(44)39-18-12-16-25(39)32(43)38-17-11-15-24(38)29(40)35-19-23-13-9-8-10-14-23/h8-10,13-14,20-22,24-28,34H,11-12,15-19H2,1-7H3,(H,35,40)(H,36,41)(H,37,42)/t24-,25-,26-,27-,28-/m0/s1. The number of rotatable bonds is 13. The number of benzene rings is 1. The lowest BCUT2D eigenvalue weighted by Crippen LogP contribution is -2.61. The zero-order valence-electron chi connectivity index (χ0n) is 27.4. The third-order valence-electron chi connectivity index (χ3n) is 8.71. The van der Waals surface area contributed by atoms with Crippen molar-refractivity contribution in [1.82, 2.24) is 31.1 Å². The number of carbonyl (C=O) groups is 5. The highest BCUT2D eigenvalue weighted by molar-refractivity contribution is 5.96. The molecule has 3 rings (SSSR count). The Morgan fingerprint density at radius 3 is 1.82 bits per heavy atom. The van der Waals surface area contributed by atoms with E-state index in [0.717, 1.165) is 5.56 Å². The zero-order chi connectivity index (χ0) is 32.6. The quantitative estimate of drug-likeness (QED) is 0.268. The average Bonchev–Trinajstić information content (AvgIpc) is 3.68. The van der Waals surface area contributed by atoms with E-state index in [2.05, 4.69) is 21.3 Å². The summed E-state index contributed by atoms with van der Waals surface area (Å²) in [5.41, 5.74) is 0.979. The molecule has 0 aliphatic carbocycles. The molecule has 11 heteroatoms. The van der Waals surface area contributed by atoms with Gasteiger partial charge in [0.25, 0.3) is 0 Å². The molecule has 1 aromatic rings. The monoisotopic (exact) mass is 612 g/mol. The van der Waals surface area contributed by atoms with E-state index in [4.69, 9.17) is 0 Å². The Hall–Kier alpha value is -3.47. The SMILES string of the molecule is CN[C@H](C(=O)N[C@H](C(=O)N[C@H](C(=O)N1CCC[C@H]1C(=O)N1CCC[C@H]1C(=O)NCc1ccccc1)C(C)C)C(C)C)C(C)C. The molecular weight excluding hydrogens is 560 g/mol. The summed E-state index contributed by atoms with van der Waals surface area (Å²) in [6.45, 7) is 12.5. The number of carbonyl (C=O) groups excluding carboxylic acids is 5. The Morgan fingerprint density at radius 2 is 1.25 bits per heavy atom. The topological polar surface area (TPSA) is 140 Å². The van der Waals surface area contributed by atoms with Crippen molar-refractivity contribution in [3.63, 3.8) is 0 Å². The van der Waals surface area contributed by atoms with Crippen LogP contribution in [0.2, 0.25) is 0 Å². The van der Waals surface area contributed by atoms with Crippen molar-refractivity contribution in [1.29, 1.82) is 0 Å². The second-order valence-electron chi connectivity index (χ2n) is 13.1. The number of amides is 5. The first-order valence-electron chi connectivity index (χ1n) is 16.1. The summed E-state index contributed by atoms with van der Waals surface area (Å²) in [5.74, 6) is -1.89. The smallest absolute Gasteiger partial charge is 0.246 e. The van der Waals surface area contributed by atoms with Crippen LogP contribution in [0.3, 0.4) is 0 Å². The van der Waals surface area contributed by atoms with Crippen molar-refractivity contribution < 1.29 is 24.0 Å². The summed E-state index contributed by atoms with van der Waals surface area (Å²) in [7, 11) is 1.71. The van der Waals surface area contributed by atoms with Crippen LogP contribution in [0.1, 0.15) is 72.8 Å². The molecule has 2 saturated heterocycles. The summed E-state index contributed by atoms with van der Waals surface area (Å²) in [6, 6.07) is 6.19. The Balaban J connectivity index is 1.69. The number of likely N-dealkylation sites (tertiary alicyclic amines) is 2. The molecular formula is C33H52N6O5. The molecule has 4 N–H and O–H groups in total. The van der Waals surface area contributed by atoms with Crippen LogP contribution in [0.15, 0.2) is 30.3 Å². The van der Waals surface area contributed by atoms with Gasteiger partial charge in [-0.3, -0.25) is 24.0 Å². The number of hydrogen-bond donors (Lipinski definition) is 4. The molecule has 0 aromatic heterocycles. The Bertz CT molecular complexity index is 1160. The predicted octanol–water partition coefficient (Wildman–Crippen LogP) is 1.81. The van der Waals surface area contributed by atoms with Crippen LogP contribution in [0, 0.1) is 17.8 Å². The van der Waals surface area contributed by atoms with Crippen LogP contribution in [-0.2, 0) is 30.5 Å². The molecule has 0 unspecified atom stereocenters. The molecule has 0 spiro atoms. The zero-order valence-corrected chi connectivity index (χ0v) is 27.4. The van der Waals surface area contributed by atoms with Crippen molar-refractivity contribution in [2.45, 2.75) is 104 Å². The minimum absolute atomic E-state index is 0.0237. The maximum absolute atomic E-state index is 13.9. The van der Waals surface area contributed by atoms with Crippen LogP contribution in [0.5, 0.6) is 0 Å². The van der Waals surface area contributed by atoms with Gasteiger partial charge in [0, 0.05) is 19.6 Å². The number of likely N-dealkylation sites (N-methyl/N-ethyl adjacent to an activating group) is 1. The fourth-order valence-electron chi connectivity index (χ4n) is 6.16. The molecule has 5 amide bonds. The van der Waals surface area contributed by atoms with Gasteiger partial charge in [0.2, 0.25) is 29.5 Å². The third-order valence-corrected chi connectivity index (χ3v) is 8.71. The van der Waals surface area contributed by atoms with Gasteiger partial charge < -0.3 is 31.1 Å². The van der Waals surface area contributed by atoms with Crippen LogP contribution < -0.4 is 21.3 Å². The highest BCUT2D eigenvalue weighted by Crippen LogP contribution is 2.26. The van der Waals surface area contributed by atoms with E-state index in [1.807, 2.05) is 71.9 Å². The molecule has 0 radical (unpaired) electrons. The van der Waals surface area contributed by atoms with Crippen LogP contribution in [-0.4, -0.2) is 89.7 Å². The van der Waals surface area contributed by atoms with E-state index in [9.17, 15) is 24.0 Å². The van der Waals surface area contributed by atoms with Crippen molar-refractivity contribution >= 4 is 29.5 Å². The first-order valence-corrected chi connectivity index (χ1v) is 16.1. The number of hydrogen-bond acceptors (Lipinski definition) is 6. The van der Waals surface area contributed by atoms with Gasteiger partial charge in [-0.15, -0.1) is 0 Å². The van der Waals surface area contributed by atoms with E-state index in [-0.39, 0.29) is 41.4 Å². The van der Waals surface area contributed by atoms with E-state index in [0.29, 0.717) is 45.3 Å². The number of nitrogens with zero attached hydrogens (tertiary/aromatic N) is 2. The highest BCUT2D eigenvalue weighted by Gasteiger charge is 2.44. The van der Waals surface area contributed by atoms with Crippen molar-refractivity contribution in [2.24, 2.45) is 17.8 Å². The average molecular weight is 613 g/mol. The van der Waals surface area contributed by atoms with Crippen LogP contribution >= 0.6 is 0 Å². The van der Waals surface area contributed by atoms with Gasteiger partial charge in [-0.25, -0.2) is 0 Å². The second-order valence-corrected chi connectivity index (χ2v) is 13.1. The third kappa shape index (κ3) is 8.58. The summed E-state index contributed by atoms with van der Waals surface area (Å²) in [4.78, 5) is 70.5. The Labute approximate surface area is 262 Å². The summed E-state index contributed by atoms with van der Waals surface area (Å²) in [5, 5.41) is 11.7. The first-order chi connectivity index (χ1) is 20.9. The molecule has 0 saturated carbocycles. The lowest BCUT2D eigenvalue weighted by molar-refractivity contribution is -0.148. The van der Waals surface area contributed by atoms with Crippen molar-refractivity contribution in [2.75, 3.05) is 20.1 Å². The number of nitrogens with one attached hydrogen (secondary N) is 4. The van der Waals surface area contributed by atoms with E-state index >= 15 is 0 Å². The fourth-order valence-corrected chi connectivity index (χ4v) is 6.16. The van der Waals surface area contributed by atoms with Gasteiger partial charge in [0.15, 0.2) is 0 Å². The minimum Gasteiger partial charge on any atom is -0.350 e. The molecule has 2 heterocycles. The molecule has 1 aromatic carbocycles. The van der Waals surface area contributed by atoms with Crippen molar-refractivity contribution in [3.8, 4) is 0 Å². The molecule has 0 bridgehead atoms. The van der Waals surface area contributed by atoms with Gasteiger partial charge >= 0.3 is 0 Å². The molecule has 5 atom stereocenters. The second kappa shape index (κ2) is 16.0. The summed E-state index contributed by atoms with van der Waals surface area (Å²) < 4.78 is 0. The normalized spacial score (nSPS) is 20.5. The van der Waals surface area contributed by atoms with Crippen molar-refractivity contribution in [3.05, 3.63) is 35.9 Å². The first kappa shape index (κ1) is 35.0. The summed E-state index contributed by atoms with van der Waals surface area (Å²) >= 11 is 0. The van der Waals surface area contributed by atoms with E-state index in [1.54, 1.807) is 16.8 Å². The van der Waals surface area contributed by atoms with Gasteiger partial charge in [0.1, 0.15) is 24.2 Å².